The van der Waals surface area contributed by atoms with Crippen molar-refractivity contribution in [1.82, 2.24) is 19.7 Å². The smallest absolute Gasteiger partial charge is 0.130 e. The van der Waals surface area contributed by atoms with E-state index < -0.39 is 0 Å². The number of hydrogen-bond donors (Lipinski definition) is 1. The Hall–Kier alpha value is -1.43. The summed E-state index contributed by atoms with van der Waals surface area (Å²) in [5.74, 6) is 0.790. The highest BCUT2D eigenvalue weighted by atomic mass is 79.9. The normalized spacial score (nSPS) is 10.3. The molecular formula is C9H10BrN5. The lowest BCUT2D eigenvalue weighted by molar-refractivity contribution is 0.720. The molecular weight excluding hydrogens is 258 g/mol. The van der Waals surface area contributed by atoms with Crippen LogP contribution in [0.2, 0.25) is 0 Å². The van der Waals surface area contributed by atoms with Crippen LogP contribution in [0.15, 0.2) is 29.3 Å². The van der Waals surface area contributed by atoms with Crippen LogP contribution in [0.4, 0.5) is 5.82 Å². The molecule has 0 unspecified atom stereocenters. The topological polar surface area (TPSA) is 55.6 Å². The summed E-state index contributed by atoms with van der Waals surface area (Å²) in [6, 6.07) is 3.79. The monoisotopic (exact) mass is 267 g/mol. The summed E-state index contributed by atoms with van der Waals surface area (Å²) in [5, 5.41) is 7.27. The van der Waals surface area contributed by atoms with Gasteiger partial charge in [-0.3, -0.25) is 4.68 Å². The van der Waals surface area contributed by atoms with Gasteiger partial charge in [0.15, 0.2) is 0 Å². The summed E-state index contributed by atoms with van der Waals surface area (Å²) < 4.78 is 2.59. The second-order valence-electron chi connectivity index (χ2n) is 3.03. The van der Waals surface area contributed by atoms with E-state index in [1.807, 2.05) is 23.9 Å². The van der Waals surface area contributed by atoms with Crippen LogP contribution in [0.1, 0.15) is 5.69 Å². The molecule has 15 heavy (non-hydrogen) atoms. The summed E-state index contributed by atoms with van der Waals surface area (Å²) in [5.41, 5.74) is 1.10. The first-order valence-electron chi connectivity index (χ1n) is 4.44. The van der Waals surface area contributed by atoms with Gasteiger partial charge in [0.1, 0.15) is 16.7 Å². The summed E-state index contributed by atoms with van der Waals surface area (Å²) in [7, 11) is 1.91. The van der Waals surface area contributed by atoms with E-state index in [-0.39, 0.29) is 0 Å². The molecule has 2 aromatic rings. The molecule has 0 aliphatic carbocycles. The Bertz CT molecular complexity index is 453. The molecule has 2 aromatic heterocycles. The van der Waals surface area contributed by atoms with Gasteiger partial charge in [-0.05, 0) is 22.0 Å². The molecule has 2 rings (SSSR count). The molecule has 0 aromatic carbocycles. The number of aromatic nitrogens is 4. The highest BCUT2D eigenvalue weighted by Gasteiger charge is 1.99. The van der Waals surface area contributed by atoms with Gasteiger partial charge < -0.3 is 5.32 Å². The van der Waals surface area contributed by atoms with Crippen molar-refractivity contribution in [2.45, 2.75) is 6.54 Å². The highest BCUT2D eigenvalue weighted by molar-refractivity contribution is 9.10. The van der Waals surface area contributed by atoms with E-state index in [0.717, 1.165) is 16.1 Å². The first kappa shape index (κ1) is 10.1. The number of nitrogens with zero attached hydrogens (tertiary/aromatic N) is 4. The Balaban J connectivity index is 2.02. The van der Waals surface area contributed by atoms with E-state index in [9.17, 15) is 0 Å². The fourth-order valence-electron chi connectivity index (χ4n) is 1.19. The van der Waals surface area contributed by atoms with Crippen molar-refractivity contribution in [2.75, 3.05) is 5.32 Å². The van der Waals surface area contributed by atoms with Crippen molar-refractivity contribution in [3.8, 4) is 0 Å². The van der Waals surface area contributed by atoms with E-state index in [0.29, 0.717) is 6.54 Å². The molecule has 0 radical (unpaired) electrons. The van der Waals surface area contributed by atoms with Crippen LogP contribution in [0.5, 0.6) is 0 Å². The Kier molecular flexibility index (Phi) is 2.96. The van der Waals surface area contributed by atoms with Crippen LogP contribution in [0.3, 0.4) is 0 Å². The molecule has 0 atom stereocenters. The van der Waals surface area contributed by atoms with Crippen LogP contribution in [-0.4, -0.2) is 19.7 Å². The second-order valence-corrected chi connectivity index (χ2v) is 3.84. The van der Waals surface area contributed by atoms with Gasteiger partial charge in [0.05, 0.1) is 12.2 Å². The highest BCUT2D eigenvalue weighted by Crippen LogP contribution is 2.10. The molecule has 0 spiro atoms. The second kappa shape index (κ2) is 4.39. The van der Waals surface area contributed by atoms with E-state index >= 15 is 0 Å². The number of nitrogens with one attached hydrogen (secondary N) is 1. The maximum absolute atomic E-state index is 4.09. The molecule has 5 nitrogen and oxygen atoms in total. The summed E-state index contributed by atoms with van der Waals surface area (Å²) in [6.07, 6.45) is 3.28. The fourth-order valence-corrected chi connectivity index (χ4v) is 1.49. The van der Waals surface area contributed by atoms with Crippen LogP contribution < -0.4 is 5.32 Å². The number of anilines is 1. The SMILES string of the molecule is Cn1nccc1CNc1cc(Br)ncn1. The average Bonchev–Trinajstić information content (AvgIpc) is 2.61. The van der Waals surface area contributed by atoms with Crippen molar-refractivity contribution in [2.24, 2.45) is 7.05 Å². The molecule has 0 saturated heterocycles. The van der Waals surface area contributed by atoms with Gasteiger partial charge in [-0.2, -0.15) is 5.10 Å². The molecule has 1 N–H and O–H groups in total. The zero-order chi connectivity index (χ0) is 10.7. The lowest BCUT2D eigenvalue weighted by atomic mass is 10.4. The van der Waals surface area contributed by atoms with Gasteiger partial charge in [0.25, 0.3) is 0 Å². The molecule has 0 bridgehead atoms. The van der Waals surface area contributed by atoms with Crippen LogP contribution >= 0.6 is 15.9 Å². The summed E-state index contributed by atoms with van der Waals surface area (Å²) in [6.45, 7) is 0.694. The standard InChI is InChI=1S/C9H10BrN5/c1-15-7(2-3-14-15)5-11-9-4-8(10)12-6-13-9/h2-4,6H,5H2,1H3,(H,11,12,13). The average molecular weight is 268 g/mol. The predicted molar refractivity (Wildman–Crippen MR) is 60.3 cm³/mol. The van der Waals surface area contributed by atoms with Gasteiger partial charge in [0, 0.05) is 19.3 Å². The quantitative estimate of drug-likeness (QED) is 0.859. The third-order valence-corrected chi connectivity index (χ3v) is 2.44. The lowest BCUT2D eigenvalue weighted by Crippen LogP contribution is -2.06. The molecule has 2 heterocycles. The molecule has 6 heteroatoms. The Labute approximate surface area is 95.7 Å². The van der Waals surface area contributed by atoms with Crippen molar-refractivity contribution in [3.05, 3.63) is 35.0 Å². The van der Waals surface area contributed by atoms with Crippen LogP contribution in [0, 0.1) is 0 Å². The van der Waals surface area contributed by atoms with Gasteiger partial charge in [0.2, 0.25) is 0 Å². The van der Waals surface area contributed by atoms with Crippen LogP contribution in [-0.2, 0) is 13.6 Å². The predicted octanol–water partition coefficient (Wildman–Crippen LogP) is 1.58. The number of rotatable bonds is 3. The molecule has 0 aliphatic heterocycles. The summed E-state index contributed by atoms with van der Waals surface area (Å²) >= 11 is 3.29. The van der Waals surface area contributed by atoms with Crippen molar-refractivity contribution < 1.29 is 0 Å². The maximum atomic E-state index is 4.09. The van der Waals surface area contributed by atoms with E-state index in [2.05, 4.69) is 36.3 Å². The minimum Gasteiger partial charge on any atom is -0.364 e. The van der Waals surface area contributed by atoms with Crippen molar-refractivity contribution in [3.63, 3.8) is 0 Å². The van der Waals surface area contributed by atoms with E-state index in [1.165, 1.54) is 6.33 Å². The molecule has 78 valence electrons. The molecule has 0 fully saturated rings. The van der Waals surface area contributed by atoms with E-state index in [1.54, 1.807) is 6.20 Å². The number of hydrogen-bond acceptors (Lipinski definition) is 4. The first-order chi connectivity index (χ1) is 7.25. The third-order valence-electron chi connectivity index (χ3n) is 2.01. The number of aryl methyl sites for hydroxylation is 1. The zero-order valence-corrected chi connectivity index (χ0v) is 9.77. The Morgan fingerprint density at radius 2 is 2.33 bits per heavy atom. The fraction of sp³-hybridized carbons (Fsp3) is 0.222. The molecule has 0 saturated carbocycles. The van der Waals surface area contributed by atoms with Crippen molar-refractivity contribution >= 4 is 21.7 Å². The van der Waals surface area contributed by atoms with Gasteiger partial charge in [-0.1, -0.05) is 0 Å². The Morgan fingerprint density at radius 1 is 1.47 bits per heavy atom. The molecule has 0 amide bonds. The van der Waals surface area contributed by atoms with Crippen molar-refractivity contribution in [1.29, 1.82) is 0 Å². The first-order valence-corrected chi connectivity index (χ1v) is 5.23. The zero-order valence-electron chi connectivity index (χ0n) is 8.18. The van der Waals surface area contributed by atoms with Gasteiger partial charge in [-0.25, -0.2) is 9.97 Å². The van der Waals surface area contributed by atoms with Crippen LogP contribution in [0.25, 0.3) is 0 Å². The number of halogens is 1. The maximum Gasteiger partial charge on any atom is 0.130 e. The van der Waals surface area contributed by atoms with Gasteiger partial charge >= 0.3 is 0 Å². The largest absolute Gasteiger partial charge is 0.364 e. The molecule has 0 aliphatic rings. The minimum absolute atomic E-state index is 0.694. The minimum atomic E-state index is 0.694. The van der Waals surface area contributed by atoms with E-state index in [4.69, 9.17) is 0 Å². The van der Waals surface area contributed by atoms with Gasteiger partial charge in [-0.15, -0.1) is 0 Å². The Morgan fingerprint density at radius 3 is 3.00 bits per heavy atom. The summed E-state index contributed by atoms with van der Waals surface area (Å²) in [4.78, 5) is 8.04. The lowest BCUT2D eigenvalue weighted by Gasteiger charge is -2.05. The third kappa shape index (κ3) is 2.53.